The highest BCUT2D eigenvalue weighted by molar-refractivity contribution is 5.88. The topological polar surface area (TPSA) is 77.2 Å². The molecule has 0 aliphatic heterocycles. The molecule has 96 valence electrons. The van der Waals surface area contributed by atoms with Crippen LogP contribution in [0.2, 0.25) is 0 Å². The Morgan fingerprint density at radius 3 is 2.76 bits per heavy atom. The summed E-state index contributed by atoms with van der Waals surface area (Å²) >= 11 is 0. The molecular weight excluding hydrogens is 222 g/mol. The first kappa shape index (κ1) is 13.6. The SMILES string of the molecule is CCOC(=O)c1nnn(CCCO)c1C(C)C. The summed E-state index contributed by atoms with van der Waals surface area (Å²) in [5.41, 5.74) is 1.04. The molecule has 0 aromatic carbocycles. The maximum Gasteiger partial charge on any atom is 0.360 e. The maximum atomic E-state index is 11.7. The lowest BCUT2D eigenvalue weighted by Crippen LogP contribution is -2.13. The summed E-state index contributed by atoms with van der Waals surface area (Å²) in [7, 11) is 0. The molecular formula is C11H19N3O3. The summed E-state index contributed by atoms with van der Waals surface area (Å²) in [6.45, 7) is 6.65. The Balaban J connectivity index is 2.97. The third-order valence-corrected chi connectivity index (χ3v) is 2.32. The van der Waals surface area contributed by atoms with Gasteiger partial charge in [-0.15, -0.1) is 5.10 Å². The van der Waals surface area contributed by atoms with Crippen LogP contribution >= 0.6 is 0 Å². The molecule has 0 saturated heterocycles. The van der Waals surface area contributed by atoms with Gasteiger partial charge in [-0.05, 0) is 19.3 Å². The number of hydrogen-bond acceptors (Lipinski definition) is 5. The molecule has 0 aliphatic rings. The van der Waals surface area contributed by atoms with E-state index >= 15 is 0 Å². The lowest BCUT2D eigenvalue weighted by molar-refractivity contribution is 0.0517. The summed E-state index contributed by atoms with van der Waals surface area (Å²) in [6, 6.07) is 0. The molecule has 1 N–H and O–H groups in total. The number of aryl methyl sites for hydroxylation is 1. The monoisotopic (exact) mass is 241 g/mol. The standard InChI is InChI=1S/C11H19N3O3/c1-4-17-11(16)9-10(8(2)3)14(13-12-9)6-5-7-15/h8,15H,4-7H2,1-3H3. The van der Waals surface area contributed by atoms with Crippen molar-refractivity contribution >= 4 is 5.97 Å². The van der Waals surface area contributed by atoms with Crippen molar-refractivity contribution < 1.29 is 14.6 Å². The Morgan fingerprint density at radius 2 is 2.24 bits per heavy atom. The summed E-state index contributed by atoms with van der Waals surface area (Å²) in [4.78, 5) is 11.7. The predicted octanol–water partition coefficient (Wildman–Crippen LogP) is 0.961. The number of aliphatic hydroxyl groups excluding tert-OH is 1. The van der Waals surface area contributed by atoms with Crippen LogP contribution in [0.15, 0.2) is 0 Å². The van der Waals surface area contributed by atoms with Crippen LogP contribution in [0.3, 0.4) is 0 Å². The fourth-order valence-corrected chi connectivity index (χ4v) is 1.62. The van der Waals surface area contributed by atoms with Gasteiger partial charge in [0, 0.05) is 13.2 Å². The van der Waals surface area contributed by atoms with Gasteiger partial charge in [-0.25, -0.2) is 9.48 Å². The Hall–Kier alpha value is -1.43. The zero-order chi connectivity index (χ0) is 12.8. The minimum Gasteiger partial charge on any atom is -0.461 e. The summed E-state index contributed by atoms with van der Waals surface area (Å²) in [5, 5.41) is 16.6. The molecule has 0 unspecified atom stereocenters. The summed E-state index contributed by atoms with van der Waals surface area (Å²) in [5.74, 6) is -0.311. The molecule has 6 heteroatoms. The molecule has 0 atom stereocenters. The number of aliphatic hydroxyl groups is 1. The first-order valence-corrected chi connectivity index (χ1v) is 5.83. The number of hydrogen-bond donors (Lipinski definition) is 1. The number of carbonyl (C=O) groups excluding carboxylic acids is 1. The Kier molecular flexibility index (Phi) is 5.09. The van der Waals surface area contributed by atoms with Gasteiger partial charge in [0.1, 0.15) is 0 Å². The van der Waals surface area contributed by atoms with Crippen LogP contribution in [0.25, 0.3) is 0 Å². The molecule has 1 aromatic heterocycles. The van der Waals surface area contributed by atoms with Gasteiger partial charge < -0.3 is 9.84 Å². The van der Waals surface area contributed by atoms with E-state index in [-0.39, 0.29) is 18.2 Å². The summed E-state index contributed by atoms with van der Waals surface area (Å²) < 4.78 is 6.59. The number of ether oxygens (including phenoxy) is 1. The molecule has 1 rings (SSSR count). The van der Waals surface area contributed by atoms with Crippen molar-refractivity contribution in [2.24, 2.45) is 0 Å². The Bertz CT molecular complexity index is 374. The third-order valence-electron chi connectivity index (χ3n) is 2.32. The molecule has 1 heterocycles. The predicted molar refractivity (Wildman–Crippen MR) is 61.8 cm³/mol. The highest BCUT2D eigenvalue weighted by atomic mass is 16.5. The average molecular weight is 241 g/mol. The molecule has 17 heavy (non-hydrogen) atoms. The van der Waals surface area contributed by atoms with Crippen LogP contribution in [-0.4, -0.2) is 39.3 Å². The summed E-state index contributed by atoms with van der Waals surface area (Å²) in [6.07, 6.45) is 0.589. The number of carbonyl (C=O) groups is 1. The van der Waals surface area contributed by atoms with E-state index in [9.17, 15) is 4.79 Å². The fourth-order valence-electron chi connectivity index (χ4n) is 1.62. The number of rotatable bonds is 6. The third kappa shape index (κ3) is 3.26. The van der Waals surface area contributed by atoms with Crippen molar-refractivity contribution in [3.05, 3.63) is 11.4 Å². The van der Waals surface area contributed by atoms with Crippen LogP contribution < -0.4 is 0 Å². The molecule has 0 aliphatic carbocycles. The molecule has 0 amide bonds. The highest BCUT2D eigenvalue weighted by Crippen LogP contribution is 2.18. The molecule has 6 nitrogen and oxygen atoms in total. The van der Waals surface area contributed by atoms with Crippen LogP contribution in [0, 0.1) is 0 Å². The van der Waals surface area contributed by atoms with Gasteiger partial charge in [0.05, 0.1) is 12.3 Å². The van der Waals surface area contributed by atoms with Gasteiger partial charge in [0.2, 0.25) is 0 Å². The minimum absolute atomic E-state index is 0.0894. The van der Waals surface area contributed by atoms with Crippen molar-refractivity contribution in [3.63, 3.8) is 0 Å². The molecule has 0 fully saturated rings. The van der Waals surface area contributed by atoms with E-state index in [4.69, 9.17) is 9.84 Å². The molecule has 1 aromatic rings. The first-order chi connectivity index (χ1) is 8.11. The Labute approximate surface area is 101 Å². The van der Waals surface area contributed by atoms with Gasteiger partial charge in [0.25, 0.3) is 0 Å². The number of nitrogens with zero attached hydrogens (tertiary/aromatic N) is 3. The van der Waals surface area contributed by atoms with E-state index in [2.05, 4.69) is 10.3 Å². The van der Waals surface area contributed by atoms with Gasteiger partial charge in [-0.1, -0.05) is 19.1 Å². The fraction of sp³-hybridized carbons (Fsp3) is 0.727. The lowest BCUT2D eigenvalue weighted by atomic mass is 10.1. The number of esters is 1. The zero-order valence-electron chi connectivity index (χ0n) is 10.5. The number of aromatic nitrogens is 3. The second-order valence-electron chi connectivity index (χ2n) is 4.00. The van der Waals surface area contributed by atoms with Crippen LogP contribution in [0.4, 0.5) is 0 Å². The molecule has 0 spiro atoms. The zero-order valence-corrected chi connectivity index (χ0v) is 10.5. The second-order valence-corrected chi connectivity index (χ2v) is 4.00. The lowest BCUT2D eigenvalue weighted by Gasteiger charge is -2.09. The van der Waals surface area contributed by atoms with Crippen molar-refractivity contribution in [1.82, 2.24) is 15.0 Å². The van der Waals surface area contributed by atoms with Crippen LogP contribution in [0.5, 0.6) is 0 Å². The average Bonchev–Trinajstić information content (AvgIpc) is 2.70. The van der Waals surface area contributed by atoms with Crippen LogP contribution in [0.1, 0.15) is 49.3 Å². The van der Waals surface area contributed by atoms with E-state index in [0.29, 0.717) is 19.6 Å². The molecule has 0 bridgehead atoms. The maximum absolute atomic E-state index is 11.7. The highest BCUT2D eigenvalue weighted by Gasteiger charge is 2.22. The first-order valence-electron chi connectivity index (χ1n) is 5.83. The minimum atomic E-state index is -0.438. The largest absolute Gasteiger partial charge is 0.461 e. The van der Waals surface area contributed by atoms with E-state index in [0.717, 1.165) is 5.69 Å². The van der Waals surface area contributed by atoms with Crippen molar-refractivity contribution in [2.45, 2.75) is 39.7 Å². The van der Waals surface area contributed by atoms with E-state index in [1.54, 1.807) is 11.6 Å². The second kappa shape index (κ2) is 6.34. The molecule has 0 radical (unpaired) electrons. The van der Waals surface area contributed by atoms with E-state index in [1.807, 2.05) is 13.8 Å². The molecule has 0 saturated carbocycles. The van der Waals surface area contributed by atoms with Gasteiger partial charge in [-0.2, -0.15) is 0 Å². The normalized spacial score (nSPS) is 10.9. The van der Waals surface area contributed by atoms with Crippen molar-refractivity contribution in [2.75, 3.05) is 13.2 Å². The van der Waals surface area contributed by atoms with Gasteiger partial charge in [-0.3, -0.25) is 0 Å². The van der Waals surface area contributed by atoms with E-state index in [1.165, 1.54) is 0 Å². The Morgan fingerprint density at radius 1 is 1.53 bits per heavy atom. The van der Waals surface area contributed by atoms with Gasteiger partial charge in [0.15, 0.2) is 5.69 Å². The quantitative estimate of drug-likeness (QED) is 0.751. The van der Waals surface area contributed by atoms with Crippen molar-refractivity contribution in [1.29, 1.82) is 0 Å². The van der Waals surface area contributed by atoms with Crippen LogP contribution in [-0.2, 0) is 11.3 Å². The van der Waals surface area contributed by atoms with E-state index < -0.39 is 5.97 Å². The van der Waals surface area contributed by atoms with Crippen molar-refractivity contribution in [3.8, 4) is 0 Å². The smallest absolute Gasteiger partial charge is 0.360 e. The van der Waals surface area contributed by atoms with Gasteiger partial charge >= 0.3 is 5.97 Å².